The number of aromatic hydroxyl groups is 1. The Balaban J connectivity index is 2.02. The van der Waals surface area contributed by atoms with Crippen LogP contribution in [0.15, 0.2) is 48.7 Å². The third-order valence-corrected chi connectivity index (χ3v) is 3.34. The van der Waals surface area contributed by atoms with Crippen LogP contribution in [0.1, 0.15) is 10.5 Å². The first-order valence-electron chi connectivity index (χ1n) is 6.33. The van der Waals surface area contributed by atoms with Crippen LogP contribution >= 0.6 is 11.6 Å². The zero-order valence-electron chi connectivity index (χ0n) is 11.2. The summed E-state index contributed by atoms with van der Waals surface area (Å²) < 4.78 is 5.66. The van der Waals surface area contributed by atoms with Gasteiger partial charge in [0.2, 0.25) is 0 Å². The van der Waals surface area contributed by atoms with E-state index in [0.29, 0.717) is 27.3 Å². The smallest absolute Gasteiger partial charge is 0.358 e. The Kier molecular flexibility index (Phi) is 3.56. The van der Waals surface area contributed by atoms with Crippen molar-refractivity contribution < 1.29 is 19.7 Å². The van der Waals surface area contributed by atoms with Gasteiger partial charge in [-0.05, 0) is 42.5 Å². The molecule has 3 rings (SSSR count). The third kappa shape index (κ3) is 2.66. The van der Waals surface area contributed by atoms with Crippen molar-refractivity contribution in [3.05, 3.63) is 59.4 Å². The summed E-state index contributed by atoms with van der Waals surface area (Å²) in [6, 6.07) is 11.8. The molecule has 1 heterocycles. The van der Waals surface area contributed by atoms with Crippen molar-refractivity contribution >= 4 is 28.3 Å². The fourth-order valence-electron chi connectivity index (χ4n) is 2.03. The van der Waals surface area contributed by atoms with Gasteiger partial charge in [-0.15, -0.1) is 0 Å². The standard InChI is InChI=1S/C16H10ClNO4/c17-10-2-5-11(6-3-10)22-12-4-1-9-8-18-14(16(20)21)15(19)13(9)7-12/h1-8,19H,(H,20,21). The van der Waals surface area contributed by atoms with Crippen molar-refractivity contribution in [2.24, 2.45) is 0 Å². The minimum absolute atomic E-state index is 0.360. The van der Waals surface area contributed by atoms with Gasteiger partial charge in [0.05, 0.1) is 0 Å². The molecular weight excluding hydrogens is 306 g/mol. The lowest BCUT2D eigenvalue weighted by Crippen LogP contribution is -2.00. The lowest BCUT2D eigenvalue weighted by Gasteiger charge is -2.08. The fraction of sp³-hybridized carbons (Fsp3) is 0. The Morgan fingerprint density at radius 1 is 1.09 bits per heavy atom. The molecule has 0 saturated heterocycles. The van der Waals surface area contributed by atoms with Crippen molar-refractivity contribution in [1.82, 2.24) is 4.98 Å². The number of aromatic carboxylic acids is 1. The lowest BCUT2D eigenvalue weighted by atomic mass is 10.1. The van der Waals surface area contributed by atoms with Gasteiger partial charge in [0.15, 0.2) is 11.4 Å². The van der Waals surface area contributed by atoms with Gasteiger partial charge in [-0.1, -0.05) is 11.6 Å². The Hall–Kier alpha value is -2.79. The third-order valence-electron chi connectivity index (χ3n) is 3.09. The summed E-state index contributed by atoms with van der Waals surface area (Å²) in [6.07, 6.45) is 1.39. The Bertz CT molecular complexity index is 862. The van der Waals surface area contributed by atoms with Gasteiger partial charge in [0.1, 0.15) is 11.5 Å². The van der Waals surface area contributed by atoms with Crippen molar-refractivity contribution in [3.63, 3.8) is 0 Å². The lowest BCUT2D eigenvalue weighted by molar-refractivity contribution is 0.0687. The van der Waals surface area contributed by atoms with E-state index in [0.717, 1.165) is 0 Å². The number of aromatic nitrogens is 1. The maximum absolute atomic E-state index is 11.0. The zero-order chi connectivity index (χ0) is 15.7. The molecule has 0 bridgehead atoms. The number of benzene rings is 2. The molecule has 110 valence electrons. The van der Waals surface area contributed by atoms with E-state index in [2.05, 4.69) is 4.98 Å². The number of hydrogen-bond acceptors (Lipinski definition) is 4. The van der Waals surface area contributed by atoms with Gasteiger partial charge in [0, 0.05) is 22.0 Å². The van der Waals surface area contributed by atoms with Gasteiger partial charge in [-0.2, -0.15) is 0 Å². The first-order chi connectivity index (χ1) is 10.5. The molecule has 22 heavy (non-hydrogen) atoms. The largest absolute Gasteiger partial charge is 0.505 e. The van der Waals surface area contributed by atoms with Gasteiger partial charge in [-0.25, -0.2) is 9.78 Å². The molecule has 0 saturated carbocycles. The van der Waals surface area contributed by atoms with Crippen LogP contribution in [0.5, 0.6) is 17.2 Å². The number of pyridine rings is 1. The molecule has 5 nitrogen and oxygen atoms in total. The van der Waals surface area contributed by atoms with E-state index in [1.165, 1.54) is 6.20 Å². The normalized spacial score (nSPS) is 10.6. The van der Waals surface area contributed by atoms with E-state index in [-0.39, 0.29) is 5.75 Å². The topological polar surface area (TPSA) is 79.7 Å². The van der Waals surface area contributed by atoms with Crippen LogP contribution in [-0.4, -0.2) is 21.2 Å². The van der Waals surface area contributed by atoms with Gasteiger partial charge < -0.3 is 14.9 Å². The Morgan fingerprint density at radius 2 is 1.77 bits per heavy atom. The molecule has 6 heteroatoms. The van der Waals surface area contributed by atoms with Crippen LogP contribution in [0.3, 0.4) is 0 Å². The number of halogens is 1. The number of rotatable bonds is 3. The summed E-state index contributed by atoms with van der Waals surface area (Å²) in [4.78, 5) is 14.7. The molecular formula is C16H10ClNO4. The Morgan fingerprint density at radius 3 is 2.45 bits per heavy atom. The second kappa shape index (κ2) is 5.54. The molecule has 2 N–H and O–H groups in total. The number of carboxylic acids is 1. The first-order valence-corrected chi connectivity index (χ1v) is 6.71. The quantitative estimate of drug-likeness (QED) is 0.761. The SMILES string of the molecule is O=C(O)c1ncc2ccc(Oc3ccc(Cl)cc3)cc2c1O. The van der Waals surface area contributed by atoms with Crippen molar-refractivity contribution in [3.8, 4) is 17.2 Å². The van der Waals surface area contributed by atoms with Crippen LogP contribution < -0.4 is 4.74 Å². The first kappa shape index (κ1) is 14.2. The van der Waals surface area contributed by atoms with Crippen LogP contribution in [0.2, 0.25) is 5.02 Å². The van der Waals surface area contributed by atoms with E-state index in [4.69, 9.17) is 21.4 Å². The zero-order valence-corrected chi connectivity index (χ0v) is 11.9. The number of fused-ring (bicyclic) bond motifs is 1. The van der Waals surface area contributed by atoms with Crippen LogP contribution in [-0.2, 0) is 0 Å². The second-order valence-electron chi connectivity index (χ2n) is 4.57. The second-order valence-corrected chi connectivity index (χ2v) is 5.00. The van der Waals surface area contributed by atoms with Crippen molar-refractivity contribution in [2.75, 3.05) is 0 Å². The predicted octanol–water partition coefficient (Wildman–Crippen LogP) is 4.08. The fourth-order valence-corrected chi connectivity index (χ4v) is 2.16. The molecule has 0 aliphatic heterocycles. The van der Waals surface area contributed by atoms with Crippen LogP contribution in [0, 0.1) is 0 Å². The highest BCUT2D eigenvalue weighted by Crippen LogP contribution is 2.32. The summed E-state index contributed by atoms with van der Waals surface area (Å²) in [5.74, 6) is -0.626. The molecule has 0 radical (unpaired) electrons. The summed E-state index contributed by atoms with van der Waals surface area (Å²) in [5.41, 5.74) is -0.392. The maximum atomic E-state index is 11.0. The van der Waals surface area contributed by atoms with E-state index in [9.17, 15) is 9.90 Å². The number of ether oxygens (including phenoxy) is 1. The number of carboxylic acid groups (broad SMARTS) is 1. The van der Waals surface area contributed by atoms with E-state index in [1.54, 1.807) is 42.5 Å². The molecule has 1 aromatic heterocycles. The maximum Gasteiger partial charge on any atom is 0.358 e. The van der Waals surface area contributed by atoms with E-state index >= 15 is 0 Å². The van der Waals surface area contributed by atoms with Gasteiger partial charge >= 0.3 is 5.97 Å². The minimum Gasteiger partial charge on any atom is -0.505 e. The van der Waals surface area contributed by atoms with E-state index < -0.39 is 11.7 Å². The Labute approximate surface area is 130 Å². The molecule has 0 atom stereocenters. The molecule has 3 aromatic rings. The molecule has 0 fully saturated rings. The monoisotopic (exact) mass is 315 g/mol. The average Bonchev–Trinajstić information content (AvgIpc) is 2.50. The highest BCUT2D eigenvalue weighted by molar-refractivity contribution is 6.30. The number of nitrogens with zero attached hydrogens (tertiary/aromatic N) is 1. The minimum atomic E-state index is -1.29. The average molecular weight is 316 g/mol. The van der Waals surface area contributed by atoms with Crippen molar-refractivity contribution in [2.45, 2.75) is 0 Å². The summed E-state index contributed by atoms with van der Waals surface area (Å²) >= 11 is 5.81. The molecule has 2 aromatic carbocycles. The van der Waals surface area contributed by atoms with Crippen LogP contribution in [0.4, 0.5) is 0 Å². The molecule has 0 amide bonds. The van der Waals surface area contributed by atoms with Crippen LogP contribution in [0.25, 0.3) is 10.8 Å². The summed E-state index contributed by atoms with van der Waals surface area (Å²) in [5, 5.41) is 20.6. The predicted molar refractivity (Wildman–Crippen MR) is 81.9 cm³/mol. The molecule has 0 aliphatic rings. The number of hydrogen-bond donors (Lipinski definition) is 2. The summed E-state index contributed by atoms with van der Waals surface area (Å²) in [7, 11) is 0. The van der Waals surface area contributed by atoms with E-state index in [1.807, 2.05) is 0 Å². The summed E-state index contributed by atoms with van der Waals surface area (Å²) in [6.45, 7) is 0. The highest BCUT2D eigenvalue weighted by atomic mass is 35.5. The molecule has 0 spiro atoms. The van der Waals surface area contributed by atoms with Gasteiger partial charge in [0.25, 0.3) is 0 Å². The van der Waals surface area contributed by atoms with Crippen molar-refractivity contribution in [1.29, 1.82) is 0 Å². The number of carbonyl (C=O) groups is 1. The van der Waals surface area contributed by atoms with Gasteiger partial charge in [-0.3, -0.25) is 0 Å². The molecule has 0 unspecified atom stereocenters. The highest BCUT2D eigenvalue weighted by Gasteiger charge is 2.15. The molecule has 0 aliphatic carbocycles.